The van der Waals surface area contributed by atoms with E-state index in [0.29, 0.717) is 11.0 Å². The van der Waals surface area contributed by atoms with Crippen LogP contribution in [0.5, 0.6) is 5.75 Å². The van der Waals surface area contributed by atoms with E-state index in [2.05, 4.69) is 15.2 Å². The van der Waals surface area contributed by atoms with E-state index in [1.165, 1.54) is 25.3 Å². The number of ether oxygens (including phenoxy) is 1. The Labute approximate surface area is 152 Å². The first-order chi connectivity index (χ1) is 12.6. The van der Waals surface area contributed by atoms with Crippen molar-refractivity contribution in [2.45, 2.75) is 5.16 Å². The highest BCUT2D eigenvalue weighted by Crippen LogP contribution is 2.28. The lowest BCUT2D eigenvalue weighted by Crippen LogP contribution is -2.04. The minimum Gasteiger partial charge on any atom is -0.490 e. The molecular formula is C17H14N4O4S. The van der Waals surface area contributed by atoms with Gasteiger partial charge in [0.15, 0.2) is 17.4 Å². The third-order valence-electron chi connectivity index (χ3n) is 3.54. The molecule has 2 aromatic carbocycles. The van der Waals surface area contributed by atoms with Crippen molar-refractivity contribution < 1.29 is 14.5 Å². The zero-order valence-electron chi connectivity index (χ0n) is 13.7. The molecule has 1 aromatic heterocycles. The molecule has 0 spiro atoms. The maximum Gasteiger partial charge on any atom is 0.311 e. The van der Waals surface area contributed by atoms with Crippen molar-refractivity contribution >= 4 is 23.2 Å². The van der Waals surface area contributed by atoms with Crippen molar-refractivity contribution in [1.82, 2.24) is 15.2 Å². The summed E-state index contributed by atoms with van der Waals surface area (Å²) >= 11 is 1.16. The van der Waals surface area contributed by atoms with Crippen LogP contribution in [0, 0.1) is 10.1 Å². The topological polar surface area (TPSA) is 111 Å². The molecule has 8 nitrogen and oxygen atoms in total. The number of hydrogen-bond acceptors (Lipinski definition) is 7. The normalized spacial score (nSPS) is 10.5. The molecule has 26 heavy (non-hydrogen) atoms. The largest absolute Gasteiger partial charge is 0.490 e. The fraction of sp³-hybridized carbons (Fsp3) is 0.118. The summed E-state index contributed by atoms with van der Waals surface area (Å²) in [7, 11) is 1.34. The molecule has 0 aliphatic heterocycles. The first kappa shape index (κ1) is 17.6. The van der Waals surface area contributed by atoms with Gasteiger partial charge in [0, 0.05) is 17.2 Å². The maximum atomic E-state index is 12.3. The molecule has 132 valence electrons. The number of ketones is 1. The molecule has 0 saturated carbocycles. The second kappa shape index (κ2) is 7.79. The zero-order chi connectivity index (χ0) is 18.5. The standard InChI is InChI=1S/C17H14N4O4S/c1-25-15-8-7-12(9-13(15)21(23)24)14(22)10-26-17-18-16(19-20-17)11-5-3-2-4-6-11/h2-9H,10H2,1H3,(H,18,19,20). The molecule has 0 amide bonds. The number of nitro groups is 1. The smallest absolute Gasteiger partial charge is 0.311 e. The average molecular weight is 370 g/mol. The van der Waals surface area contributed by atoms with Crippen molar-refractivity contribution in [2.75, 3.05) is 12.9 Å². The van der Waals surface area contributed by atoms with Gasteiger partial charge in [-0.3, -0.25) is 20.0 Å². The lowest BCUT2D eigenvalue weighted by atomic mass is 10.1. The van der Waals surface area contributed by atoms with Gasteiger partial charge in [-0.05, 0) is 12.1 Å². The first-order valence-corrected chi connectivity index (χ1v) is 8.53. The number of nitrogens with one attached hydrogen (secondary N) is 1. The molecule has 9 heteroatoms. The predicted molar refractivity (Wildman–Crippen MR) is 96.5 cm³/mol. The van der Waals surface area contributed by atoms with E-state index in [4.69, 9.17) is 4.74 Å². The van der Waals surface area contributed by atoms with Crippen LogP contribution in [0.4, 0.5) is 5.69 Å². The number of aromatic amines is 1. The van der Waals surface area contributed by atoms with Crippen LogP contribution in [0.2, 0.25) is 0 Å². The molecular weight excluding hydrogens is 356 g/mol. The van der Waals surface area contributed by atoms with Gasteiger partial charge in [0.2, 0.25) is 5.16 Å². The van der Waals surface area contributed by atoms with E-state index in [-0.39, 0.29) is 28.5 Å². The van der Waals surface area contributed by atoms with Crippen molar-refractivity contribution in [3.05, 3.63) is 64.2 Å². The monoisotopic (exact) mass is 370 g/mol. The summed E-state index contributed by atoms with van der Waals surface area (Å²) in [5.74, 6) is 0.531. The summed E-state index contributed by atoms with van der Waals surface area (Å²) in [5.41, 5.74) is 0.889. The number of carbonyl (C=O) groups is 1. The Morgan fingerprint density at radius 3 is 2.73 bits per heavy atom. The van der Waals surface area contributed by atoms with Gasteiger partial charge < -0.3 is 4.74 Å². The Morgan fingerprint density at radius 1 is 1.27 bits per heavy atom. The van der Waals surface area contributed by atoms with Gasteiger partial charge in [0.05, 0.1) is 17.8 Å². The minimum atomic E-state index is -0.579. The fourth-order valence-corrected chi connectivity index (χ4v) is 2.95. The molecule has 0 aliphatic carbocycles. The van der Waals surface area contributed by atoms with E-state index in [9.17, 15) is 14.9 Å². The third-order valence-corrected chi connectivity index (χ3v) is 4.39. The molecule has 1 heterocycles. The number of rotatable bonds is 7. The van der Waals surface area contributed by atoms with E-state index in [0.717, 1.165) is 17.3 Å². The summed E-state index contributed by atoms with van der Waals surface area (Å²) in [5, 5.41) is 18.4. The zero-order valence-corrected chi connectivity index (χ0v) is 14.5. The second-order valence-electron chi connectivity index (χ2n) is 5.19. The van der Waals surface area contributed by atoms with Crippen LogP contribution in [-0.2, 0) is 0 Å². The van der Waals surface area contributed by atoms with Crippen LogP contribution in [0.3, 0.4) is 0 Å². The number of nitrogens with zero attached hydrogens (tertiary/aromatic N) is 3. The molecule has 1 N–H and O–H groups in total. The molecule has 0 bridgehead atoms. The summed E-state index contributed by atoms with van der Waals surface area (Å²) in [6.07, 6.45) is 0. The summed E-state index contributed by atoms with van der Waals surface area (Å²) in [4.78, 5) is 27.1. The Morgan fingerprint density at radius 2 is 2.04 bits per heavy atom. The highest BCUT2D eigenvalue weighted by molar-refractivity contribution is 7.99. The fourth-order valence-electron chi connectivity index (χ4n) is 2.26. The number of hydrogen-bond donors (Lipinski definition) is 1. The van der Waals surface area contributed by atoms with Crippen molar-refractivity contribution in [3.63, 3.8) is 0 Å². The molecule has 3 rings (SSSR count). The lowest BCUT2D eigenvalue weighted by Gasteiger charge is -2.04. The molecule has 3 aromatic rings. The molecule has 0 radical (unpaired) electrons. The predicted octanol–water partition coefficient (Wildman–Crippen LogP) is 3.36. The number of methoxy groups -OCH3 is 1. The Bertz CT molecular complexity index is 943. The van der Waals surface area contributed by atoms with Gasteiger partial charge in [-0.2, -0.15) is 0 Å². The summed E-state index contributed by atoms with van der Waals surface area (Å²) in [6.45, 7) is 0. The molecule has 0 saturated heterocycles. The van der Waals surface area contributed by atoms with Gasteiger partial charge in [0.25, 0.3) is 0 Å². The second-order valence-corrected chi connectivity index (χ2v) is 6.13. The SMILES string of the molecule is COc1ccc(C(=O)CSc2n[nH]c(-c3ccccc3)n2)cc1[N+](=O)[O-]. The quantitative estimate of drug-likeness (QED) is 0.294. The third kappa shape index (κ3) is 3.89. The van der Waals surface area contributed by atoms with Crippen LogP contribution in [0.15, 0.2) is 53.7 Å². The van der Waals surface area contributed by atoms with Gasteiger partial charge in [-0.15, -0.1) is 5.10 Å². The minimum absolute atomic E-state index is 0.0650. The van der Waals surface area contributed by atoms with Crippen molar-refractivity contribution in [2.24, 2.45) is 0 Å². The number of benzene rings is 2. The average Bonchev–Trinajstić information content (AvgIpc) is 3.15. The Balaban J connectivity index is 1.69. The summed E-state index contributed by atoms with van der Waals surface area (Å²) in [6, 6.07) is 13.6. The van der Waals surface area contributed by atoms with Crippen LogP contribution >= 0.6 is 11.8 Å². The summed E-state index contributed by atoms with van der Waals surface area (Å²) < 4.78 is 4.93. The number of thioether (sulfide) groups is 1. The number of Topliss-reactive ketones (excluding diaryl/α,β-unsaturated/α-hetero) is 1. The van der Waals surface area contributed by atoms with Crippen molar-refractivity contribution in [1.29, 1.82) is 0 Å². The van der Waals surface area contributed by atoms with E-state index < -0.39 is 4.92 Å². The van der Waals surface area contributed by atoms with Crippen LogP contribution in [0.1, 0.15) is 10.4 Å². The molecule has 0 fully saturated rings. The molecule has 0 unspecified atom stereocenters. The number of carbonyl (C=O) groups excluding carboxylic acids is 1. The first-order valence-electron chi connectivity index (χ1n) is 7.54. The Kier molecular flexibility index (Phi) is 5.28. The van der Waals surface area contributed by atoms with Gasteiger partial charge >= 0.3 is 5.69 Å². The number of H-pyrrole nitrogens is 1. The number of aromatic nitrogens is 3. The highest BCUT2D eigenvalue weighted by atomic mass is 32.2. The molecule has 0 atom stereocenters. The van der Waals surface area contributed by atoms with E-state index in [1.54, 1.807) is 0 Å². The van der Waals surface area contributed by atoms with Crippen LogP contribution < -0.4 is 4.74 Å². The van der Waals surface area contributed by atoms with Crippen LogP contribution in [0.25, 0.3) is 11.4 Å². The lowest BCUT2D eigenvalue weighted by molar-refractivity contribution is -0.385. The van der Waals surface area contributed by atoms with E-state index in [1.807, 2.05) is 30.3 Å². The maximum absolute atomic E-state index is 12.3. The number of nitro benzene ring substituents is 1. The highest BCUT2D eigenvalue weighted by Gasteiger charge is 2.18. The Hall–Kier alpha value is -3.20. The van der Waals surface area contributed by atoms with Crippen LogP contribution in [-0.4, -0.2) is 38.8 Å². The van der Waals surface area contributed by atoms with Gasteiger partial charge in [-0.1, -0.05) is 42.1 Å². The van der Waals surface area contributed by atoms with Crippen molar-refractivity contribution in [3.8, 4) is 17.1 Å². The van der Waals surface area contributed by atoms with Gasteiger partial charge in [0.1, 0.15) is 0 Å². The van der Waals surface area contributed by atoms with E-state index >= 15 is 0 Å². The molecule has 0 aliphatic rings. The van der Waals surface area contributed by atoms with Gasteiger partial charge in [-0.25, -0.2) is 4.98 Å².